The molecule has 150 valence electrons. The van der Waals surface area contributed by atoms with E-state index in [2.05, 4.69) is 52.4 Å². The minimum atomic E-state index is -0.0495. The van der Waals surface area contributed by atoms with Crippen LogP contribution in [0.15, 0.2) is 81.3 Å². The Bertz CT molecular complexity index is 946. The second kappa shape index (κ2) is 8.98. The van der Waals surface area contributed by atoms with Gasteiger partial charge in [0.05, 0.1) is 11.7 Å². The van der Waals surface area contributed by atoms with E-state index in [0.29, 0.717) is 0 Å². The lowest BCUT2D eigenvalue weighted by Gasteiger charge is -2.27. The number of hydrogen-bond acceptors (Lipinski definition) is 5. The quantitative estimate of drug-likeness (QED) is 0.565. The molecule has 29 heavy (non-hydrogen) atoms. The van der Waals surface area contributed by atoms with Gasteiger partial charge in [-0.1, -0.05) is 36.0 Å². The Morgan fingerprint density at radius 1 is 1.10 bits per heavy atom. The van der Waals surface area contributed by atoms with Gasteiger partial charge < -0.3 is 19.5 Å². The second-order valence-electron chi connectivity index (χ2n) is 7.20. The van der Waals surface area contributed by atoms with Crippen LogP contribution in [0.25, 0.3) is 0 Å². The van der Waals surface area contributed by atoms with Crippen LogP contribution in [0.5, 0.6) is 0 Å². The highest BCUT2D eigenvalue weighted by Gasteiger charge is 2.41. The summed E-state index contributed by atoms with van der Waals surface area (Å²) in [5.74, 6) is 0.894. The summed E-state index contributed by atoms with van der Waals surface area (Å²) in [7, 11) is 4.14. The number of likely N-dealkylation sites (N-methyl/N-ethyl adjacent to an activating group) is 1. The Morgan fingerprint density at radius 3 is 2.62 bits per heavy atom. The van der Waals surface area contributed by atoms with Crippen molar-refractivity contribution in [3.63, 3.8) is 0 Å². The summed E-state index contributed by atoms with van der Waals surface area (Å²) in [5.41, 5.74) is 0.959. The first-order valence-corrected chi connectivity index (χ1v) is 10.8. The third-order valence-corrected chi connectivity index (χ3v) is 6.12. The lowest BCUT2D eigenvalue weighted by molar-refractivity contribution is 0.239. The van der Waals surface area contributed by atoms with Gasteiger partial charge in [-0.15, -0.1) is 0 Å². The number of rotatable bonds is 7. The molecule has 7 heteroatoms. The summed E-state index contributed by atoms with van der Waals surface area (Å²) in [6.07, 6.45) is 1.82. The van der Waals surface area contributed by atoms with Gasteiger partial charge in [-0.2, -0.15) is 0 Å². The number of nitrogens with one attached hydrogen (secondary N) is 1. The molecule has 0 bridgehead atoms. The van der Waals surface area contributed by atoms with Crippen LogP contribution in [0, 0.1) is 0 Å². The van der Waals surface area contributed by atoms with Crippen molar-refractivity contribution in [2.45, 2.75) is 22.1 Å². The molecule has 2 aromatic heterocycles. The normalized spacial score (nSPS) is 19.0. The van der Waals surface area contributed by atoms with Crippen LogP contribution >= 0.6 is 24.0 Å². The van der Waals surface area contributed by atoms with Crippen molar-refractivity contribution in [2.24, 2.45) is 0 Å². The SMILES string of the molecule is CN(C)CCN1C(=S)NC(c2ccccn2)C1c1ccc(Sc2ccccc2)o1. The fourth-order valence-electron chi connectivity index (χ4n) is 3.42. The molecule has 1 aliphatic rings. The van der Waals surface area contributed by atoms with Gasteiger partial charge in [0, 0.05) is 24.2 Å². The molecule has 1 saturated heterocycles. The van der Waals surface area contributed by atoms with Gasteiger partial charge in [0.15, 0.2) is 10.2 Å². The average molecular weight is 425 g/mol. The number of thiocarbonyl (C=S) groups is 1. The number of pyridine rings is 1. The Kier molecular flexibility index (Phi) is 6.18. The van der Waals surface area contributed by atoms with Gasteiger partial charge in [0.2, 0.25) is 0 Å². The van der Waals surface area contributed by atoms with Crippen LogP contribution in [-0.2, 0) is 0 Å². The topological polar surface area (TPSA) is 44.5 Å². The molecule has 1 aromatic carbocycles. The van der Waals surface area contributed by atoms with Crippen molar-refractivity contribution in [3.8, 4) is 0 Å². The van der Waals surface area contributed by atoms with Gasteiger partial charge in [-0.05, 0) is 62.7 Å². The van der Waals surface area contributed by atoms with Crippen molar-refractivity contribution in [1.82, 2.24) is 20.1 Å². The van der Waals surface area contributed by atoms with E-state index >= 15 is 0 Å². The predicted octanol–water partition coefficient (Wildman–Crippen LogP) is 4.36. The Balaban J connectivity index is 1.63. The molecule has 3 aromatic rings. The molecule has 4 rings (SSSR count). The first-order chi connectivity index (χ1) is 14.1. The molecule has 1 fully saturated rings. The van der Waals surface area contributed by atoms with Crippen molar-refractivity contribution < 1.29 is 4.42 Å². The number of hydrogen-bond donors (Lipinski definition) is 1. The van der Waals surface area contributed by atoms with Gasteiger partial charge in [0.25, 0.3) is 0 Å². The zero-order valence-electron chi connectivity index (χ0n) is 16.5. The maximum Gasteiger partial charge on any atom is 0.170 e. The molecule has 3 heterocycles. The summed E-state index contributed by atoms with van der Waals surface area (Å²) in [6, 6.07) is 20.2. The van der Waals surface area contributed by atoms with Crippen molar-refractivity contribution in [3.05, 3.63) is 78.3 Å². The minimum Gasteiger partial charge on any atom is -0.452 e. The monoisotopic (exact) mass is 424 g/mol. The molecule has 2 atom stereocenters. The van der Waals surface area contributed by atoms with E-state index in [1.165, 1.54) is 0 Å². The fourth-order valence-corrected chi connectivity index (χ4v) is 4.55. The Morgan fingerprint density at radius 2 is 1.90 bits per heavy atom. The highest BCUT2D eigenvalue weighted by Crippen LogP contribution is 2.40. The van der Waals surface area contributed by atoms with E-state index in [1.807, 2.05) is 48.7 Å². The molecular weight excluding hydrogens is 400 g/mol. The van der Waals surface area contributed by atoms with Crippen LogP contribution in [0.3, 0.4) is 0 Å². The second-order valence-corrected chi connectivity index (χ2v) is 8.66. The molecule has 0 radical (unpaired) electrons. The third kappa shape index (κ3) is 4.63. The summed E-state index contributed by atoms with van der Waals surface area (Å²) < 4.78 is 6.29. The van der Waals surface area contributed by atoms with E-state index in [9.17, 15) is 0 Å². The summed E-state index contributed by atoms with van der Waals surface area (Å²) >= 11 is 7.30. The van der Waals surface area contributed by atoms with Crippen LogP contribution in [0.1, 0.15) is 23.5 Å². The molecular formula is C22H24N4OS2. The standard InChI is InChI=1S/C22H24N4OS2/c1-25(2)14-15-26-21(20(24-22(26)28)17-10-6-7-13-23-17)18-11-12-19(27-18)29-16-8-4-3-5-9-16/h3-13,20-21H,14-15H2,1-2H3,(H,24,28). The fraction of sp³-hybridized carbons (Fsp3) is 0.273. The van der Waals surface area contributed by atoms with Gasteiger partial charge in [0.1, 0.15) is 11.8 Å². The van der Waals surface area contributed by atoms with Crippen LogP contribution in [-0.4, -0.2) is 47.1 Å². The Labute approximate surface area is 181 Å². The maximum atomic E-state index is 6.29. The summed E-state index contributed by atoms with van der Waals surface area (Å²) in [6.45, 7) is 1.72. The molecule has 5 nitrogen and oxygen atoms in total. The average Bonchev–Trinajstić information content (AvgIpc) is 3.31. The van der Waals surface area contributed by atoms with E-state index in [1.54, 1.807) is 11.8 Å². The minimum absolute atomic E-state index is 0.0394. The van der Waals surface area contributed by atoms with E-state index in [-0.39, 0.29) is 12.1 Å². The van der Waals surface area contributed by atoms with E-state index in [0.717, 1.165) is 39.6 Å². The summed E-state index contributed by atoms with van der Waals surface area (Å²) in [5, 5.41) is 5.07. The molecule has 2 unspecified atom stereocenters. The largest absolute Gasteiger partial charge is 0.452 e. The van der Waals surface area contributed by atoms with Crippen molar-refractivity contribution >= 4 is 29.1 Å². The third-order valence-electron chi connectivity index (χ3n) is 4.84. The summed E-state index contributed by atoms with van der Waals surface area (Å²) in [4.78, 5) is 10.1. The highest BCUT2D eigenvalue weighted by molar-refractivity contribution is 7.99. The highest BCUT2D eigenvalue weighted by atomic mass is 32.2. The smallest absolute Gasteiger partial charge is 0.170 e. The molecule has 1 aliphatic heterocycles. The molecule has 0 spiro atoms. The van der Waals surface area contributed by atoms with Crippen molar-refractivity contribution in [1.29, 1.82) is 0 Å². The maximum absolute atomic E-state index is 6.29. The Hall–Kier alpha value is -2.35. The van der Waals surface area contributed by atoms with Crippen LogP contribution in [0.2, 0.25) is 0 Å². The van der Waals surface area contributed by atoms with Crippen molar-refractivity contribution in [2.75, 3.05) is 27.2 Å². The van der Waals surface area contributed by atoms with Gasteiger partial charge >= 0.3 is 0 Å². The number of furan rings is 1. The zero-order chi connectivity index (χ0) is 20.2. The lowest BCUT2D eigenvalue weighted by atomic mass is 10.0. The molecule has 1 N–H and O–H groups in total. The lowest BCUT2D eigenvalue weighted by Crippen LogP contribution is -2.35. The molecule has 0 saturated carbocycles. The van der Waals surface area contributed by atoms with Gasteiger partial charge in [-0.25, -0.2) is 0 Å². The predicted molar refractivity (Wildman–Crippen MR) is 120 cm³/mol. The molecule has 0 amide bonds. The first kappa shape index (κ1) is 19.9. The number of benzene rings is 1. The number of aromatic nitrogens is 1. The van der Waals surface area contributed by atoms with Gasteiger partial charge in [-0.3, -0.25) is 4.98 Å². The molecule has 0 aliphatic carbocycles. The van der Waals surface area contributed by atoms with Crippen LogP contribution in [0.4, 0.5) is 0 Å². The zero-order valence-corrected chi connectivity index (χ0v) is 18.1. The number of nitrogens with zero attached hydrogens (tertiary/aromatic N) is 3. The first-order valence-electron chi connectivity index (χ1n) is 9.57. The van der Waals surface area contributed by atoms with E-state index in [4.69, 9.17) is 16.6 Å². The van der Waals surface area contributed by atoms with Crippen LogP contribution < -0.4 is 5.32 Å². The van der Waals surface area contributed by atoms with E-state index < -0.39 is 0 Å².